The van der Waals surface area contributed by atoms with Gasteiger partial charge in [-0.1, -0.05) is 30.0 Å². The first-order chi connectivity index (χ1) is 13.9. The number of ketones is 1. The van der Waals surface area contributed by atoms with Gasteiger partial charge in [0, 0.05) is 13.6 Å². The van der Waals surface area contributed by atoms with Crippen LogP contribution in [0, 0.1) is 0 Å². The average Bonchev–Trinajstić information content (AvgIpc) is 3.38. The van der Waals surface area contributed by atoms with E-state index in [-0.39, 0.29) is 17.1 Å². The molecule has 0 bridgehead atoms. The Kier molecular flexibility index (Phi) is 6.54. The molecule has 3 rings (SSSR count). The second-order valence-corrected chi connectivity index (χ2v) is 8.28. The SMILES string of the molecule is CCCn1c(N)c(C(=O)CSc2nnc(NCc3ccco3)s2)c(=O)n(C)c1=O. The van der Waals surface area contributed by atoms with Gasteiger partial charge in [-0.05, 0) is 18.6 Å². The van der Waals surface area contributed by atoms with E-state index in [2.05, 4.69) is 15.5 Å². The number of hydrogen-bond acceptors (Lipinski definition) is 10. The number of nitrogens with zero attached hydrogens (tertiary/aromatic N) is 4. The summed E-state index contributed by atoms with van der Waals surface area (Å²) in [6.07, 6.45) is 2.23. The van der Waals surface area contributed by atoms with Crippen molar-refractivity contribution >= 4 is 39.8 Å². The second-order valence-electron chi connectivity index (χ2n) is 6.08. The van der Waals surface area contributed by atoms with E-state index in [1.165, 1.54) is 23.0 Å². The van der Waals surface area contributed by atoms with Gasteiger partial charge in [0.15, 0.2) is 10.1 Å². The highest BCUT2D eigenvalue weighted by Crippen LogP contribution is 2.26. The largest absolute Gasteiger partial charge is 0.467 e. The zero-order valence-corrected chi connectivity index (χ0v) is 17.5. The van der Waals surface area contributed by atoms with Crippen LogP contribution < -0.4 is 22.3 Å². The molecule has 0 saturated carbocycles. The fourth-order valence-corrected chi connectivity index (χ4v) is 4.22. The smallest absolute Gasteiger partial charge is 0.332 e. The van der Waals surface area contributed by atoms with Gasteiger partial charge >= 0.3 is 5.69 Å². The average molecular weight is 437 g/mol. The topological polar surface area (TPSA) is 138 Å². The number of rotatable bonds is 9. The lowest BCUT2D eigenvalue weighted by Crippen LogP contribution is -2.42. The molecule has 0 aliphatic heterocycles. The molecule has 12 heteroatoms. The minimum Gasteiger partial charge on any atom is -0.467 e. The Labute approximate surface area is 173 Å². The van der Waals surface area contributed by atoms with Crippen LogP contribution in [0.25, 0.3) is 0 Å². The van der Waals surface area contributed by atoms with Crippen LogP contribution in [-0.4, -0.2) is 30.9 Å². The lowest BCUT2D eigenvalue weighted by Gasteiger charge is -2.13. The Hall–Kier alpha value is -2.86. The van der Waals surface area contributed by atoms with Crippen molar-refractivity contribution in [3.8, 4) is 0 Å². The fourth-order valence-electron chi connectivity index (χ4n) is 2.60. The van der Waals surface area contributed by atoms with Gasteiger partial charge in [-0.25, -0.2) is 4.79 Å². The molecule has 0 aliphatic carbocycles. The molecule has 3 heterocycles. The van der Waals surface area contributed by atoms with Crippen molar-refractivity contribution in [2.75, 3.05) is 16.8 Å². The molecule has 0 atom stereocenters. The summed E-state index contributed by atoms with van der Waals surface area (Å²) in [5, 5.41) is 11.7. The lowest BCUT2D eigenvalue weighted by atomic mass is 10.2. The van der Waals surface area contributed by atoms with Crippen LogP contribution in [0.2, 0.25) is 0 Å². The third kappa shape index (κ3) is 4.59. The van der Waals surface area contributed by atoms with Gasteiger partial charge in [0.05, 0.1) is 18.6 Å². The molecule has 0 spiro atoms. The van der Waals surface area contributed by atoms with Gasteiger partial charge < -0.3 is 15.5 Å². The molecule has 3 aromatic heterocycles. The number of carbonyl (C=O) groups excluding carboxylic acids is 1. The van der Waals surface area contributed by atoms with E-state index < -0.39 is 17.0 Å². The Morgan fingerprint density at radius 2 is 2.17 bits per heavy atom. The molecule has 0 radical (unpaired) electrons. The van der Waals surface area contributed by atoms with Gasteiger partial charge in [-0.15, -0.1) is 10.2 Å². The highest BCUT2D eigenvalue weighted by atomic mass is 32.2. The number of Topliss-reactive ketones (excluding diaryl/α,β-unsaturated/α-hetero) is 1. The maximum Gasteiger partial charge on any atom is 0.332 e. The maximum atomic E-state index is 12.7. The summed E-state index contributed by atoms with van der Waals surface area (Å²) in [5.74, 6) is 0.163. The number of carbonyl (C=O) groups is 1. The van der Waals surface area contributed by atoms with Crippen molar-refractivity contribution in [3.63, 3.8) is 0 Å². The Balaban J connectivity index is 1.70. The molecule has 29 heavy (non-hydrogen) atoms. The standard InChI is InChI=1S/C17H20N6O4S2/c1-3-6-23-13(18)12(14(25)22(2)17(23)26)11(24)9-28-16-21-20-15(29-16)19-8-10-5-4-7-27-10/h4-5,7H,3,6,8-9,18H2,1-2H3,(H,19,20). The van der Waals surface area contributed by atoms with E-state index in [0.717, 1.165) is 22.1 Å². The summed E-state index contributed by atoms with van der Waals surface area (Å²) in [4.78, 5) is 37.3. The molecule has 0 unspecified atom stereocenters. The van der Waals surface area contributed by atoms with Crippen molar-refractivity contribution < 1.29 is 9.21 Å². The predicted molar refractivity (Wildman–Crippen MR) is 112 cm³/mol. The number of thioether (sulfide) groups is 1. The Morgan fingerprint density at radius 1 is 1.38 bits per heavy atom. The molecule has 0 aromatic carbocycles. The van der Waals surface area contributed by atoms with Gasteiger partial charge in [-0.3, -0.25) is 18.7 Å². The van der Waals surface area contributed by atoms with E-state index >= 15 is 0 Å². The quantitative estimate of drug-likeness (QED) is 0.378. The third-order valence-electron chi connectivity index (χ3n) is 4.04. The molecule has 0 amide bonds. The summed E-state index contributed by atoms with van der Waals surface area (Å²) in [6, 6.07) is 3.63. The molecular formula is C17H20N6O4S2. The van der Waals surface area contributed by atoms with Crippen molar-refractivity contribution in [2.24, 2.45) is 7.05 Å². The van der Waals surface area contributed by atoms with E-state index in [1.807, 2.05) is 13.0 Å². The minimum absolute atomic E-state index is 0.0451. The van der Waals surface area contributed by atoms with E-state index in [4.69, 9.17) is 10.2 Å². The number of hydrogen-bond donors (Lipinski definition) is 2. The molecule has 0 aliphatic rings. The maximum absolute atomic E-state index is 12.7. The monoisotopic (exact) mass is 436 g/mol. The first kappa shape index (κ1) is 20.9. The molecule has 3 N–H and O–H groups in total. The van der Waals surface area contributed by atoms with Crippen molar-refractivity contribution in [3.05, 3.63) is 50.6 Å². The number of aromatic nitrogens is 4. The number of nitrogen functional groups attached to an aromatic ring is 1. The normalized spacial score (nSPS) is 11.0. The molecule has 10 nitrogen and oxygen atoms in total. The highest BCUT2D eigenvalue weighted by Gasteiger charge is 2.21. The zero-order valence-electron chi connectivity index (χ0n) is 15.9. The minimum atomic E-state index is -0.691. The van der Waals surface area contributed by atoms with Gasteiger partial charge in [-0.2, -0.15) is 0 Å². The van der Waals surface area contributed by atoms with Crippen molar-refractivity contribution in [1.82, 2.24) is 19.3 Å². The molecule has 154 valence electrons. The van der Waals surface area contributed by atoms with Gasteiger partial charge in [0.25, 0.3) is 5.56 Å². The summed E-state index contributed by atoms with van der Waals surface area (Å²) in [6.45, 7) is 2.67. The Bertz CT molecular complexity index is 1120. The van der Waals surface area contributed by atoms with E-state index in [1.54, 1.807) is 12.3 Å². The first-order valence-corrected chi connectivity index (χ1v) is 10.6. The number of furan rings is 1. The van der Waals surface area contributed by atoms with Crippen LogP contribution in [-0.2, 0) is 20.1 Å². The lowest BCUT2D eigenvalue weighted by molar-refractivity contribution is 0.102. The van der Waals surface area contributed by atoms with Crippen LogP contribution in [0.5, 0.6) is 0 Å². The van der Waals surface area contributed by atoms with Crippen LogP contribution in [0.15, 0.2) is 36.7 Å². The third-order valence-corrected chi connectivity index (χ3v) is 6.05. The summed E-state index contributed by atoms with van der Waals surface area (Å²) in [5.41, 5.74) is 4.58. The Morgan fingerprint density at radius 3 is 2.86 bits per heavy atom. The van der Waals surface area contributed by atoms with Crippen LogP contribution in [0.1, 0.15) is 29.5 Å². The predicted octanol–water partition coefficient (Wildman–Crippen LogP) is 1.57. The van der Waals surface area contributed by atoms with Gasteiger partial charge in [0.1, 0.15) is 17.1 Å². The molecular weight excluding hydrogens is 416 g/mol. The van der Waals surface area contributed by atoms with Crippen LogP contribution in [0.3, 0.4) is 0 Å². The highest BCUT2D eigenvalue weighted by molar-refractivity contribution is 8.01. The molecule has 0 fully saturated rings. The molecule has 0 saturated heterocycles. The summed E-state index contributed by atoms with van der Waals surface area (Å²) >= 11 is 2.44. The first-order valence-electron chi connectivity index (χ1n) is 8.77. The number of anilines is 2. The van der Waals surface area contributed by atoms with Crippen LogP contribution >= 0.6 is 23.1 Å². The molecule has 3 aromatic rings. The zero-order chi connectivity index (χ0) is 21.0. The summed E-state index contributed by atoms with van der Waals surface area (Å²) < 4.78 is 7.96. The van der Waals surface area contributed by atoms with Crippen LogP contribution in [0.4, 0.5) is 10.9 Å². The van der Waals surface area contributed by atoms with Crippen molar-refractivity contribution in [1.29, 1.82) is 0 Å². The number of nitrogens with two attached hydrogens (primary N) is 1. The van der Waals surface area contributed by atoms with Gasteiger partial charge in [0.2, 0.25) is 5.13 Å². The number of nitrogens with one attached hydrogen (secondary N) is 1. The second kappa shape index (κ2) is 9.09. The fraction of sp³-hybridized carbons (Fsp3) is 0.353. The van der Waals surface area contributed by atoms with E-state index in [0.29, 0.717) is 29.0 Å². The van der Waals surface area contributed by atoms with Crippen molar-refractivity contribution in [2.45, 2.75) is 30.8 Å². The van der Waals surface area contributed by atoms with E-state index in [9.17, 15) is 14.4 Å². The summed E-state index contributed by atoms with van der Waals surface area (Å²) in [7, 11) is 1.34.